The number of ether oxygens (including phenoxy) is 5. The number of thiol groups is 2. The number of anilines is 11. The van der Waals surface area contributed by atoms with Crippen molar-refractivity contribution in [3.63, 3.8) is 0 Å². The minimum absolute atomic E-state index is 0. The van der Waals surface area contributed by atoms with E-state index in [1.165, 1.54) is 62.2 Å². The van der Waals surface area contributed by atoms with Gasteiger partial charge in [0.25, 0.3) is 0 Å². The maximum atomic E-state index is 13.0. The lowest BCUT2D eigenvalue weighted by Crippen LogP contribution is -2.41. The molecule has 9 aromatic rings. The number of nitrogens with two attached hydrogens (primary N) is 1. The monoisotopic (exact) mass is 2080 g/mol. The van der Waals surface area contributed by atoms with Gasteiger partial charge in [0.2, 0.25) is 61.8 Å². The highest BCUT2D eigenvalue weighted by Gasteiger charge is 2.39. The second kappa shape index (κ2) is 48.6. The SMILES string of the molecule is C.C.CCn1cc(Nc2nc(Cl)ncc2Cl)c(S(=O)(=O)C(C)C)n1.CCn1cc(Nc2nc(Nc3cc(C)c(C4CCN(C(=O)OC(C)(C)C)CC4)c4c3O[C@H](C)C4)ncc2Cl)c(S(=O)(=O)C(C)C)n1.CCn1cc(Nc2nc(Nc3cc(C)c(C4CCNCC4)c4c3O[C@H](C)C4)ncc2Cl)c(S(=O)(=O)C(C)C)n1.CS.CS.Cc1cc(N)c2c(c1C1CCN(C(=O)OC(C)(C)C)CC1)C[C@@H](C)O2. The average molecular weight is 2090 g/mol. The van der Waals surface area contributed by atoms with Gasteiger partial charge in [0, 0.05) is 100 Å². The summed E-state index contributed by atoms with van der Waals surface area (Å²) in [6.45, 7) is 45.6. The first-order valence-corrected chi connectivity index (χ1v) is 53.8. The zero-order valence-electron chi connectivity index (χ0n) is 81.9. The first kappa shape index (κ1) is 114. The van der Waals surface area contributed by atoms with E-state index < -0.39 is 56.5 Å². The van der Waals surface area contributed by atoms with E-state index in [1.54, 1.807) is 86.9 Å². The normalized spacial score (nSPS) is 16.5. The molecular formula is C95H141Cl4N21O13S5. The van der Waals surface area contributed by atoms with Gasteiger partial charge in [0.15, 0.2) is 17.5 Å². The summed E-state index contributed by atoms with van der Waals surface area (Å²) < 4.78 is 111. The number of carbonyl (C=O) groups excluding carboxylic acids is 2. The smallest absolute Gasteiger partial charge is 0.410 e. The maximum absolute atomic E-state index is 13.0. The molecule has 6 aliphatic rings. The van der Waals surface area contributed by atoms with E-state index in [4.69, 9.17) is 75.8 Å². The summed E-state index contributed by atoms with van der Waals surface area (Å²) in [5.74, 6) is 5.08. The highest BCUT2D eigenvalue weighted by Crippen LogP contribution is 2.50. The van der Waals surface area contributed by atoms with Crippen molar-refractivity contribution in [2.75, 3.05) is 84.1 Å². The standard InChI is InChI=1S/C32H44ClN7O5S.C27H36ClN7O3S.C20H30N2O3.C12H15Cl2N5O2S.2CH4S.2CH4/c1-9-40-17-25(29(38-40)46(42,43)18(2)3)35-28-23(33)16-34-30(37-28)36-24-14-19(4)26(22-15-20(5)44-27(22)24)21-10-12-39(13-11-21)31(41)45-32(6,7)8;1-6-35-14-22(26(34-35)39(36,37)15(2)3)31-25-20(28)13-30-27(33-25)32-21-11-16(4)23(18-7-9-29-10-8-18)19-12-17(5)38-24(19)21;1-12-10-16(21)18-15(11-13(2)24-18)17(12)14-6-8-22(9-7-14)19(23)25-20(3,4)5;1-4-19-6-9(11(18-19)22(20,21)7(2)3)16-10-8(13)5-15-12(14)17-10;2*1-2;;/h14,16-18,20-21H,9-13,15H2,1-8H3,(H2,34,35,36,37);11,13-15,17-18,29H,6-10,12H2,1-5H3,(H2,30,31,32,33);10,13-14H,6-9,11,21H2,1-5H3;5-7H,4H2,1-3H3,(H,15,16,17);2*2H,1H3;2*1H4/t20-;17-;13-;;;;;/m111...../s1. The fraction of sp³-hybridized carbons (Fsp3) is 0.568. The molecule has 15 rings (SSSR count). The number of fused-ring (bicyclic) bond motifs is 3. The van der Waals surface area contributed by atoms with Crippen LogP contribution in [0.2, 0.25) is 20.4 Å². The Morgan fingerprint density at radius 3 is 1.09 bits per heavy atom. The number of aryl methyl sites for hydroxylation is 6. The Bertz CT molecular complexity index is 6090. The lowest BCUT2D eigenvalue weighted by Gasteiger charge is -2.34. The zero-order chi connectivity index (χ0) is 100. The first-order valence-electron chi connectivity index (χ1n) is 45.9. The van der Waals surface area contributed by atoms with E-state index in [0.29, 0.717) is 67.8 Å². The molecule has 3 atom stereocenters. The number of nitrogens with one attached hydrogen (secondary N) is 6. The van der Waals surface area contributed by atoms with Gasteiger partial charge in [-0.1, -0.05) is 49.7 Å². The van der Waals surface area contributed by atoms with Crippen molar-refractivity contribution in [3.05, 3.63) is 126 Å². The Balaban J connectivity index is 0.000000230. The van der Waals surface area contributed by atoms with Gasteiger partial charge in [-0.25, -0.2) is 49.8 Å². The molecular weight excluding hydrogens is 1950 g/mol. The number of aromatic nitrogens is 12. The van der Waals surface area contributed by atoms with E-state index >= 15 is 0 Å². The van der Waals surface area contributed by atoms with Gasteiger partial charge in [-0.05, 0) is 290 Å². The summed E-state index contributed by atoms with van der Waals surface area (Å²) in [7, 11) is -10.9. The number of piperidine rings is 3. The molecule has 3 aromatic carbocycles. The first-order chi connectivity index (χ1) is 64.0. The number of likely N-dealkylation sites (tertiary alicyclic amines) is 2. The summed E-state index contributed by atoms with van der Waals surface area (Å²) >= 11 is 31.7. The number of halogens is 4. The van der Waals surface area contributed by atoms with E-state index in [0.717, 1.165) is 129 Å². The van der Waals surface area contributed by atoms with Gasteiger partial charge >= 0.3 is 12.2 Å². The molecule has 6 aliphatic heterocycles. The van der Waals surface area contributed by atoms with Crippen molar-refractivity contribution in [2.45, 2.75) is 316 Å². The number of rotatable bonds is 22. The molecule has 0 aliphatic carbocycles. The Kier molecular flexibility index (Phi) is 40.2. The molecule has 0 radical (unpaired) electrons. The molecule has 6 aromatic heterocycles. The van der Waals surface area contributed by atoms with Crippen molar-refractivity contribution in [2.24, 2.45) is 0 Å². The van der Waals surface area contributed by atoms with Crippen LogP contribution in [0.1, 0.15) is 246 Å². The largest absolute Gasteiger partial charge is 0.488 e. The fourth-order valence-corrected chi connectivity index (χ4v) is 20.8. The lowest BCUT2D eigenvalue weighted by atomic mass is 9.82. The third-order valence-corrected chi connectivity index (χ3v) is 30.7. The summed E-state index contributed by atoms with van der Waals surface area (Å²) in [6.07, 6.45) is 20.7. The second-order valence-electron chi connectivity index (χ2n) is 37.0. The molecule has 0 unspecified atom stereocenters. The number of nitrogens with zero attached hydrogens (tertiary/aromatic N) is 14. The average Bonchev–Trinajstić information content (AvgIpc) is 1.57. The zero-order valence-corrected chi connectivity index (χ0v) is 89.2. The Morgan fingerprint density at radius 2 is 0.768 bits per heavy atom. The molecule has 0 saturated carbocycles. The van der Waals surface area contributed by atoms with E-state index in [9.17, 15) is 34.8 Å². The number of benzene rings is 3. The highest BCUT2D eigenvalue weighted by molar-refractivity contribution is 7.92. The number of hydrogen-bond donors (Lipinski definition) is 9. The van der Waals surface area contributed by atoms with Crippen LogP contribution in [0.15, 0.2) is 70.5 Å². The molecule has 2 amide bonds. The van der Waals surface area contributed by atoms with Gasteiger partial charge in [-0.3, -0.25) is 14.0 Å². The van der Waals surface area contributed by atoms with Crippen LogP contribution in [0.3, 0.4) is 0 Å². The summed E-state index contributed by atoms with van der Waals surface area (Å²) in [4.78, 5) is 54.2. The van der Waals surface area contributed by atoms with Crippen molar-refractivity contribution < 1.29 is 58.5 Å². The Morgan fingerprint density at radius 1 is 0.471 bits per heavy atom. The summed E-state index contributed by atoms with van der Waals surface area (Å²) in [6, 6.07) is 6.19. The molecule has 3 fully saturated rings. The van der Waals surface area contributed by atoms with Crippen LogP contribution >= 0.6 is 71.7 Å². The maximum Gasteiger partial charge on any atom is 0.410 e. The molecule has 3 saturated heterocycles. The molecule has 762 valence electrons. The van der Waals surface area contributed by atoms with E-state index in [-0.39, 0.29) is 110 Å². The predicted octanol–water partition coefficient (Wildman–Crippen LogP) is 21.2. The van der Waals surface area contributed by atoms with Crippen LogP contribution < -0.4 is 51.8 Å². The topological polar surface area (TPSA) is 418 Å². The Labute approximate surface area is 846 Å². The highest BCUT2D eigenvalue weighted by atomic mass is 35.5. The van der Waals surface area contributed by atoms with Crippen molar-refractivity contribution in [1.29, 1.82) is 0 Å². The van der Waals surface area contributed by atoms with E-state index in [2.05, 4.69) is 149 Å². The molecule has 43 heteroatoms. The van der Waals surface area contributed by atoms with Crippen LogP contribution in [0.4, 0.5) is 73.1 Å². The molecule has 0 spiro atoms. The number of amides is 2. The number of carbonyl (C=O) groups is 2. The van der Waals surface area contributed by atoms with Gasteiger partial charge in [0.05, 0.1) is 68.5 Å². The van der Waals surface area contributed by atoms with Crippen LogP contribution in [-0.2, 0) is 77.9 Å². The minimum atomic E-state index is -3.67. The van der Waals surface area contributed by atoms with Crippen LogP contribution in [-0.4, -0.2) is 204 Å². The molecule has 12 heterocycles. The van der Waals surface area contributed by atoms with Crippen molar-refractivity contribution in [1.82, 2.24) is 74.4 Å². The van der Waals surface area contributed by atoms with Gasteiger partial charge in [0.1, 0.15) is 61.8 Å². The Hall–Kier alpha value is -9.06. The molecule has 138 heavy (non-hydrogen) atoms. The fourth-order valence-electron chi connectivity index (χ4n) is 17.0. The van der Waals surface area contributed by atoms with Crippen LogP contribution in [0.25, 0.3) is 0 Å². The second-order valence-corrected chi connectivity index (χ2v) is 45.8. The number of nitrogen functional groups attached to an aromatic ring is 1. The number of sulfone groups is 3. The molecule has 8 N–H and O–H groups in total. The van der Waals surface area contributed by atoms with Gasteiger partial charge < -0.3 is 71.1 Å². The third-order valence-electron chi connectivity index (χ3n) is 23.5. The summed E-state index contributed by atoms with van der Waals surface area (Å²) in [5.41, 5.74) is 19.7. The third kappa shape index (κ3) is 27.6. The molecule has 34 nitrogen and oxygen atoms in total. The van der Waals surface area contributed by atoms with Crippen molar-refractivity contribution >= 4 is 177 Å². The van der Waals surface area contributed by atoms with E-state index in [1.807, 2.05) is 80.2 Å². The van der Waals surface area contributed by atoms with Gasteiger partial charge in [-0.15, -0.1) is 0 Å². The molecule has 0 bridgehead atoms. The predicted molar refractivity (Wildman–Crippen MR) is 560 cm³/mol. The number of hydrogen-bond acceptors (Lipinski definition) is 31. The van der Waals surface area contributed by atoms with Crippen molar-refractivity contribution in [3.8, 4) is 17.2 Å². The minimum Gasteiger partial charge on any atom is -0.488 e. The van der Waals surface area contributed by atoms with Crippen LogP contribution in [0.5, 0.6) is 17.2 Å². The van der Waals surface area contributed by atoms with Crippen LogP contribution in [0, 0.1) is 20.8 Å². The quantitative estimate of drug-likeness (QED) is 0.0173. The summed E-state index contributed by atoms with van der Waals surface area (Å²) in [5, 5.41) is 30.5. The van der Waals surface area contributed by atoms with Gasteiger partial charge in [-0.2, -0.15) is 55.5 Å². The lowest BCUT2D eigenvalue weighted by molar-refractivity contribution is 0.0194.